The first-order chi connectivity index (χ1) is 12.8. The average molecular weight is 375 g/mol. The number of nitrogens with zero attached hydrogens (tertiary/aromatic N) is 5. The number of carboxylic acids is 2. The van der Waals surface area contributed by atoms with Gasteiger partial charge in [-0.25, -0.2) is 4.98 Å². The predicted octanol–water partition coefficient (Wildman–Crippen LogP) is -0.770. The molecule has 10 heteroatoms. The van der Waals surface area contributed by atoms with E-state index in [9.17, 15) is 24.6 Å². The first-order valence-electron chi connectivity index (χ1n) is 8.81. The summed E-state index contributed by atoms with van der Waals surface area (Å²) in [6.07, 6.45) is 2.95. The van der Waals surface area contributed by atoms with Crippen molar-refractivity contribution in [3.8, 4) is 0 Å². The molecule has 27 heavy (non-hydrogen) atoms. The van der Waals surface area contributed by atoms with Crippen molar-refractivity contribution in [2.75, 3.05) is 51.2 Å². The molecule has 0 unspecified atom stereocenters. The van der Waals surface area contributed by atoms with Crippen LogP contribution in [0.2, 0.25) is 0 Å². The Labute approximate surface area is 155 Å². The van der Waals surface area contributed by atoms with E-state index < -0.39 is 22.8 Å². The summed E-state index contributed by atoms with van der Waals surface area (Å²) in [5.41, 5.74) is -2.40. The summed E-state index contributed by atoms with van der Waals surface area (Å²) in [5, 5.41) is 19.1. The molecule has 3 fully saturated rings. The van der Waals surface area contributed by atoms with E-state index in [1.54, 1.807) is 9.80 Å². The number of hydrogen-bond donors (Lipinski definition) is 2. The summed E-state index contributed by atoms with van der Waals surface area (Å²) in [5.74, 6) is -2.10. The second kappa shape index (κ2) is 5.88. The Morgan fingerprint density at radius 3 is 2.15 bits per heavy atom. The molecule has 2 atom stereocenters. The van der Waals surface area contributed by atoms with E-state index in [1.807, 2.05) is 7.05 Å². The Balaban J connectivity index is 1.55. The summed E-state index contributed by atoms with van der Waals surface area (Å²) >= 11 is 0. The van der Waals surface area contributed by atoms with Gasteiger partial charge in [0.1, 0.15) is 22.3 Å². The number of hydrogen-bond acceptors (Lipinski definition) is 7. The van der Waals surface area contributed by atoms with E-state index in [4.69, 9.17) is 0 Å². The van der Waals surface area contributed by atoms with Crippen LogP contribution in [0.15, 0.2) is 12.4 Å². The average Bonchev–Trinajstić information content (AvgIpc) is 3.20. The van der Waals surface area contributed by atoms with Crippen LogP contribution in [0.1, 0.15) is 16.9 Å². The summed E-state index contributed by atoms with van der Waals surface area (Å²) in [6, 6.07) is 0. The Morgan fingerprint density at radius 2 is 1.59 bits per heavy atom. The minimum Gasteiger partial charge on any atom is -0.481 e. The van der Waals surface area contributed by atoms with Crippen LogP contribution in [0.25, 0.3) is 0 Å². The van der Waals surface area contributed by atoms with Gasteiger partial charge in [-0.15, -0.1) is 0 Å². The van der Waals surface area contributed by atoms with Crippen LogP contribution in [0.4, 0.5) is 5.82 Å². The zero-order valence-corrected chi connectivity index (χ0v) is 15.0. The Morgan fingerprint density at radius 1 is 1.00 bits per heavy atom. The van der Waals surface area contributed by atoms with Gasteiger partial charge in [0, 0.05) is 39.3 Å². The number of fused-ring (bicyclic) bond motifs is 1. The van der Waals surface area contributed by atoms with E-state index in [-0.39, 0.29) is 31.1 Å². The molecule has 1 aromatic heterocycles. The van der Waals surface area contributed by atoms with Gasteiger partial charge in [0.25, 0.3) is 5.91 Å². The van der Waals surface area contributed by atoms with Crippen molar-refractivity contribution in [1.82, 2.24) is 19.8 Å². The number of carbonyl (C=O) groups is 3. The van der Waals surface area contributed by atoms with Crippen LogP contribution in [0.5, 0.6) is 0 Å². The molecule has 3 heterocycles. The lowest BCUT2D eigenvalue weighted by atomic mass is 9.97. The summed E-state index contributed by atoms with van der Waals surface area (Å²) < 4.78 is 0. The molecule has 2 N–H and O–H groups in total. The molecule has 2 saturated heterocycles. The summed E-state index contributed by atoms with van der Waals surface area (Å²) in [7, 11) is 2.00. The van der Waals surface area contributed by atoms with Crippen LogP contribution in [0.3, 0.4) is 0 Å². The third-order valence-corrected chi connectivity index (χ3v) is 6.09. The Kier molecular flexibility index (Phi) is 3.84. The van der Waals surface area contributed by atoms with E-state index in [1.165, 1.54) is 12.4 Å². The minimum atomic E-state index is -1.29. The molecular formula is C17H21N5O5. The molecule has 10 nitrogen and oxygen atoms in total. The van der Waals surface area contributed by atoms with Gasteiger partial charge in [-0.2, -0.15) is 0 Å². The molecular weight excluding hydrogens is 354 g/mol. The number of rotatable bonds is 4. The topological polar surface area (TPSA) is 127 Å². The van der Waals surface area contributed by atoms with Gasteiger partial charge in [0.2, 0.25) is 0 Å². The first kappa shape index (κ1) is 17.7. The molecule has 0 radical (unpaired) electrons. The van der Waals surface area contributed by atoms with Crippen molar-refractivity contribution >= 4 is 23.7 Å². The highest BCUT2D eigenvalue weighted by Crippen LogP contribution is 2.68. The third-order valence-electron chi connectivity index (χ3n) is 6.09. The third kappa shape index (κ3) is 2.54. The first-order valence-corrected chi connectivity index (χ1v) is 8.81. The molecule has 1 aliphatic carbocycles. The van der Waals surface area contributed by atoms with Gasteiger partial charge in [0.05, 0.1) is 12.4 Å². The van der Waals surface area contributed by atoms with Crippen molar-refractivity contribution in [2.24, 2.45) is 10.8 Å². The van der Waals surface area contributed by atoms with Crippen molar-refractivity contribution in [2.45, 2.75) is 6.42 Å². The lowest BCUT2D eigenvalue weighted by Gasteiger charge is -2.32. The number of aromatic nitrogens is 2. The molecule has 0 bridgehead atoms. The smallest absolute Gasteiger partial charge is 0.312 e. The number of carboxylic acid groups (broad SMARTS) is 2. The molecule has 0 spiro atoms. The number of anilines is 1. The van der Waals surface area contributed by atoms with Gasteiger partial charge in [0.15, 0.2) is 0 Å². The molecule has 1 saturated carbocycles. The van der Waals surface area contributed by atoms with E-state index in [0.717, 1.165) is 13.1 Å². The molecule has 4 rings (SSSR count). The highest BCUT2D eigenvalue weighted by atomic mass is 16.4. The second-order valence-electron chi connectivity index (χ2n) is 7.67. The van der Waals surface area contributed by atoms with Crippen LogP contribution in [-0.4, -0.2) is 94.1 Å². The fourth-order valence-corrected chi connectivity index (χ4v) is 4.23. The van der Waals surface area contributed by atoms with Crippen molar-refractivity contribution in [3.63, 3.8) is 0 Å². The fraction of sp³-hybridized carbons (Fsp3) is 0.588. The molecule has 144 valence electrons. The number of aliphatic carboxylic acids is 2. The predicted molar refractivity (Wildman–Crippen MR) is 92.4 cm³/mol. The van der Waals surface area contributed by atoms with Crippen molar-refractivity contribution < 1.29 is 24.6 Å². The maximum atomic E-state index is 12.7. The number of piperidine rings is 1. The van der Waals surface area contributed by atoms with Crippen molar-refractivity contribution in [3.05, 3.63) is 18.1 Å². The summed E-state index contributed by atoms with van der Waals surface area (Å²) in [4.78, 5) is 49.9. The molecule has 3 aliphatic rings. The van der Waals surface area contributed by atoms with Gasteiger partial charge in [-0.1, -0.05) is 0 Å². The van der Waals surface area contributed by atoms with Crippen molar-refractivity contribution in [1.29, 1.82) is 0 Å². The van der Waals surface area contributed by atoms with Crippen LogP contribution in [0, 0.1) is 10.8 Å². The van der Waals surface area contributed by atoms with E-state index >= 15 is 0 Å². The monoisotopic (exact) mass is 375 g/mol. The fourth-order valence-electron chi connectivity index (χ4n) is 4.23. The highest BCUT2D eigenvalue weighted by molar-refractivity contribution is 5.96. The standard InChI is InChI=1S/C17H21N5O5/c1-20-2-4-21(5-3-20)13(23)11-6-18-7-12(19-11)22-9-16(14(24)25)8-17(16,10-22)15(26)27/h6-7H,2-5,8-10H2,1H3,(H,24,25)(H,26,27)/t16-,17+. The van der Waals surface area contributed by atoms with Crippen LogP contribution in [-0.2, 0) is 9.59 Å². The Hall–Kier alpha value is -2.75. The van der Waals surface area contributed by atoms with Gasteiger partial charge in [-0.3, -0.25) is 19.4 Å². The lowest BCUT2D eigenvalue weighted by Crippen LogP contribution is -2.47. The number of carbonyl (C=O) groups excluding carboxylic acids is 1. The molecule has 2 aliphatic heterocycles. The highest BCUT2D eigenvalue weighted by Gasteiger charge is 2.81. The number of piperazine rings is 1. The van der Waals surface area contributed by atoms with Gasteiger partial charge < -0.3 is 24.9 Å². The zero-order valence-electron chi connectivity index (χ0n) is 15.0. The Bertz CT molecular complexity index is 796. The molecule has 1 aromatic rings. The maximum absolute atomic E-state index is 12.7. The van der Waals surface area contributed by atoms with E-state index in [0.29, 0.717) is 18.9 Å². The molecule has 0 aromatic carbocycles. The zero-order chi connectivity index (χ0) is 19.4. The maximum Gasteiger partial charge on any atom is 0.312 e. The van der Waals surface area contributed by atoms with Gasteiger partial charge in [-0.05, 0) is 13.5 Å². The van der Waals surface area contributed by atoms with E-state index in [2.05, 4.69) is 14.9 Å². The van der Waals surface area contributed by atoms with Gasteiger partial charge >= 0.3 is 11.9 Å². The quantitative estimate of drug-likeness (QED) is 0.697. The SMILES string of the molecule is CN1CCN(C(=O)c2cncc(N3C[C@@]4(C(=O)O)C[C@@]4(C(=O)O)C3)n2)CC1. The largest absolute Gasteiger partial charge is 0.481 e. The lowest BCUT2D eigenvalue weighted by molar-refractivity contribution is -0.151. The number of likely N-dealkylation sites (N-methyl/N-ethyl adjacent to an activating group) is 1. The minimum absolute atomic E-state index is 0.0511. The second-order valence-corrected chi connectivity index (χ2v) is 7.67. The normalized spacial score (nSPS) is 30.1. The number of amides is 1. The van der Waals surface area contributed by atoms with Crippen LogP contribution < -0.4 is 4.90 Å². The van der Waals surface area contributed by atoms with Crippen LogP contribution >= 0.6 is 0 Å². The summed E-state index contributed by atoms with van der Waals surface area (Å²) in [6.45, 7) is 2.88. The molecule has 1 amide bonds.